The molecule has 84 valence electrons. The minimum Gasteiger partial charge on any atom is -0.385 e. The Hall–Kier alpha value is -0.610. The van der Waals surface area contributed by atoms with Crippen LogP contribution in [0.5, 0.6) is 0 Å². The number of nitrogens with one attached hydrogen (secondary N) is 1. The highest BCUT2D eigenvalue weighted by Crippen LogP contribution is 2.48. The molecule has 1 aliphatic carbocycles. The van der Waals surface area contributed by atoms with Gasteiger partial charge in [-0.3, -0.25) is 0 Å². The Bertz CT molecular complexity index is 320. The Morgan fingerprint density at radius 1 is 1.60 bits per heavy atom. The summed E-state index contributed by atoms with van der Waals surface area (Å²) in [4.78, 5) is 4.40. The van der Waals surface area contributed by atoms with Crippen molar-refractivity contribution in [2.24, 2.45) is 5.41 Å². The van der Waals surface area contributed by atoms with Crippen LogP contribution in [0.2, 0.25) is 0 Å². The highest BCUT2D eigenvalue weighted by molar-refractivity contribution is 7.13. The SMILES string of the molecule is COCCC1(CNc2nc(C)cs2)CC1. The van der Waals surface area contributed by atoms with Gasteiger partial charge < -0.3 is 10.1 Å². The van der Waals surface area contributed by atoms with E-state index in [0.29, 0.717) is 5.41 Å². The first-order chi connectivity index (χ1) is 7.24. The number of anilines is 1. The van der Waals surface area contributed by atoms with Gasteiger partial charge in [-0.25, -0.2) is 4.98 Å². The van der Waals surface area contributed by atoms with Gasteiger partial charge in [0, 0.05) is 25.6 Å². The lowest BCUT2D eigenvalue weighted by atomic mass is 10.0. The van der Waals surface area contributed by atoms with Crippen LogP contribution < -0.4 is 5.32 Å². The van der Waals surface area contributed by atoms with E-state index in [1.807, 2.05) is 6.92 Å². The van der Waals surface area contributed by atoms with Crippen LogP contribution in [0.25, 0.3) is 0 Å². The summed E-state index contributed by atoms with van der Waals surface area (Å²) in [6.07, 6.45) is 3.82. The molecular weight excluding hydrogens is 208 g/mol. The maximum absolute atomic E-state index is 5.13. The summed E-state index contributed by atoms with van der Waals surface area (Å²) >= 11 is 1.69. The van der Waals surface area contributed by atoms with E-state index in [4.69, 9.17) is 4.74 Å². The second-order valence-corrected chi connectivity index (χ2v) is 5.25. The molecule has 1 heterocycles. The van der Waals surface area contributed by atoms with Crippen LogP contribution >= 0.6 is 11.3 Å². The molecular formula is C11H18N2OS. The van der Waals surface area contributed by atoms with Gasteiger partial charge in [0.15, 0.2) is 5.13 Å². The van der Waals surface area contributed by atoms with E-state index < -0.39 is 0 Å². The molecule has 2 rings (SSSR count). The first-order valence-electron chi connectivity index (χ1n) is 5.39. The van der Waals surface area contributed by atoms with Crippen molar-refractivity contribution in [2.45, 2.75) is 26.2 Å². The van der Waals surface area contributed by atoms with E-state index >= 15 is 0 Å². The van der Waals surface area contributed by atoms with E-state index in [-0.39, 0.29) is 0 Å². The lowest BCUT2D eigenvalue weighted by molar-refractivity contribution is 0.175. The number of ether oxygens (including phenoxy) is 1. The van der Waals surface area contributed by atoms with Gasteiger partial charge in [-0.15, -0.1) is 11.3 Å². The van der Waals surface area contributed by atoms with Crippen molar-refractivity contribution in [3.05, 3.63) is 11.1 Å². The standard InChI is InChI=1S/C11H18N2OS/c1-9-7-15-10(13-9)12-8-11(3-4-11)5-6-14-2/h7H,3-6,8H2,1-2H3,(H,12,13). The molecule has 1 saturated carbocycles. The molecule has 3 nitrogen and oxygen atoms in total. The van der Waals surface area contributed by atoms with E-state index in [0.717, 1.165) is 24.0 Å². The van der Waals surface area contributed by atoms with Crippen molar-refractivity contribution in [1.29, 1.82) is 0 Å². The van der Waals surface area contributed by atoms with Crippen molar-refractivity contribution < 1.29 is 4.74 Å². The lowest BCUT2D eigenvalue weighted by Gasteiger charge is -2.14. The first kappa shape index (κ1) is 10.9. The lowest BCUT2D eigenvalue weighted by Crippen LogP contribution is -2.17. The fourth-order valence-electron chi connectivity index (χ4n) is 1.71. The quantitative estimate of drug-likeness (QED) is 0.809. The number of aromatic nitrogens is 1. The Balaban J connectivity index is 1.78. The molecule has 0 spiro atoms. The topological polar surface area (TPSA) is 34.1 Å². The summed E-state index contributed by atoms with van der Waals surface area (Å²) in [5.74, 6) is 0. The summed E-state index contributed by atoms with van der Waals surface area (Å²) in [6, 6.07) is 0. The average Bonchev–Trinajstić information content (AvgIpc) is 2.89. The van der Waals surface area contributed by atoms with Crippen molar-refractivity contribution >= 4 is 16.5 Å². The van der Waals surface area contributed by atoms with Crippen molar-refractivity contribution in [3.8, 4) is 0 Å². The molecule has 4 heteroatoms. The highest BCUT2D eigenvalue weighted by atomic mass is 32.1. The van der Waals surface area contributed by atoms with Crippen molar-refractivity contribution in [1.82, 2.24) is 4.98 Å². The van der Waals surface area contributed by atoms with Gasteiger partial charge in [0.2, 0.25) is 0 Å². The van der Waals surface area contributed by atoms with Crippen LogP contribution in [0, 0.1) is 12.3 Å². The number of methoxy groups -OCH3 is 1. The Labute approximate surface area is 94.9 Å². The summed E-state index contributed by atoms with van der Waals surface area (Å²) in [7, 11) is 1.77. The van der Waals surface area contributed by atoms with Crippen molar-refractivity contribution in [3.63, 3.8) is 0 Å². The molecule has 1 N–H and O–H groups in total. The predicted octanol–water partition coefficient (Wildman–Crippen LogP) is 2.68. The van der Waals surface area contributed by atoms with Crippen LogP contribution in [0.3, 0.4) is 0 Å². The molecule has 0 radical (unpaired) electrons. The minimum absolute atomic E-state index is 0.496. The average molecular weight is 226 g/mol. The van der Waals surface area contributed by atoms with E-state index in [2.05, 4.69) is 15.7 Å². The summed E-state index contributed by atoms with van der Waals surface area (Å²) in [5, 5.41) is 6.56. The van der Waals surface area contributed by atoms with Crippen LogP contribution in [0.15, 0.2) is 5.38 Å². The van der Waals surface area contributed by atoms with Gasteiger partial charge in [0.05, 0.1) is 5.69 Å². The maximum Gasteiger partial charge on any atom is 0.182 e. The normalized spacial score (nSPS) is 17.7. The number of rotatable bonds is 6. The van der Waals surface area contributed by atoms with Crippen LogP contribution in [-0.4, -0.2) is 25.2 Å². The Morgan fingerprint density at radius 2 is 2.40 bits per heavy atom. The predicted molar refractivity (Wildman–Crippen MR) is 63.5 cm³/mol. The molecule has 1 aromatic heterocycles. The number of hydrogen-bond acceptors (Lipinski definition) is 4. The Morgan fingerprint density at radius 3 is 2.93 bits per heavy atom. The third-order valence-electron chi connectivity index (χ3n) is 3.03. The number of aryl methyl sites for hydroxylation is 1. The minimum atomic E-state index is 0.496. The largest absolute Gasteiger partial charge is 0.385 e. The third-order valence-corrected chi connectivity index (χ3v) is 3.95. The number of thiazole rings is 1. The molecule has 0 unspecified atom stereocenters. The number of hydrogen-bond donors (Lipinski definition) is 1. The molecule has 1 aromatic rings. The summed E-state index contributed by atoms with van der Waals surface area (Å²) in [5.41, 5.74) is 1.60. The van der Waals surface area contributed by atoms with Crippen LogP contribution in [0.1, 0.15) is 25.0 Å². The van der Waals surface area contributed by atoms with Gasteiger partial charge in [0.25, 0.3) is 0 Å². The molecule has 0 bridgehead atoms. The molecule has 15 heavy (non-hydrogen) atoms. The molecule has 0 saturated heterocycles. The molecule has 1 aliphatic rings. The third kappa shape index (κ3) is 2.92. The second kappa shape index (κ2) is 4.49. The Kier molecular flexibility index (Phi) is 3.26. The smallest absolute Gasteiger partial charge is 0.182 e. The zero-order valence-corrected chi connectivity index (χ0v) is 10.2. The molecule has 0 atom stereocenters. The van der Waals surface area contributed by atoms with Gasteiger partial charge in [-0.05, 0) is 31.6 Å². The van der Waals surface area contributed by atoms with Gasteiger partial charge in [-0.2, -0.15) is 0 Å². The van der Waals surface area contributed by atoms with E-state index in [9.17, 15) is 0 Å². The zero-order chi connectivity index (χ0) is 10.7. The van der Waals surface area contributed by atoms with E-state index in [1.54, 1.807) is 18.4 Å². The highest BCUT2D eigenvalue weighted by Gasteiger charge is 2.41. The van der Waals surface area contributed by atoms with Crippen LogP contribution in [0.4, 0.5) is 5.13 Å². The summed E-state index contributed by atoms with van der Waals surface area (Å²) < 4.78 is 5.13. The number of nitrogens with zero attached hydrogens (tertiary/aromatic N) is 1. The van der Waals surface area contributed by atoms with Gasteiger partial charge >= 0.3 is 0 Å². The monoisotopic (exact) mass is 226 g/mol. The molecule has 0 aromatic carbocycles. The fraction of sp³-hybridized carbons (Fsp3) is 0.727. The van der Waals surface area contributed by atoms with Crippen molar-refractivity contribution in [2.75, 3.05) is 25.6 Å². The first-order valence-corrected chi connectivity index (χ1v) is 6.27. The van der Waals surface area contributed by atoms with Gasteiger partial charge in [0.1, 0.15) is 0 Å². The van der Waals surface area contributed by atoms with Crippen LogP contribution in [-0.2, 0) is 4.74 Å². The fourth-order valence-corrected chi connectivity index (χ4v) is 2.40. The van der Waals surface area contributed by atoms with Gasteiger partial charge in [-0.1, -0.05) is 0 Å². The zero-order valence-electron chi connectivity index (χ0n) is 9.38. The maximum atomic E-state index is 5.13. The molecule has 0 aliphatic heterocycles. The molecule has 1 fully saturated rings. The van der Waals surface area contributed by atoms with E-state index in [1.165, 1.54) is 19.3 Å². The second-order valence-electron chi connectivity index (χ2n) is 4.39. The molecule has 0 amide bonds. The summed E-state index contributed by atoms with van der Waals surface area (Å²) in [6.45, 7) is 3.95.